The Labute approximate surface area is 149 Å². The van der Waals surface area contributed by atoms with E-state index in [1.54, 1.807) is 32.9 Å². The summed E-state index contributed by atoms with van der Waals surface area (Å²) in [4.78, 5) is 24.6. The maximum atomic E-state index is 12.6. The van der Waals surface area contributed by atoms with E-state index < -0.39 is 12.0 Å². The van der Waals surface area contributed by atoms with Crippen molar-refractivity contribution in [2.24, 2.45) is 15.3 Å². The summed E-state index contributed by atoms with van der Waals surface area (Å²) < 4.78 is 5.00. The van der Waals surface area contributed by atoms with E-state index in [1.807, 2.05) is 18.2 Å². The molecular formula is C17H18N6O3. The molecule has 2 heterocycles. The molecule has 0 aliphatic carbocycles. The number of H-pyrrole nitrogens is 1. The van der Waals surface area contributed by atoms with Gasteiger partial charge in [-0.25, -0.2) is 4.79 Å². The topological polar surface area (TPSA) is 112 Å². The normalized spacial score (nSPS) is 17.0. The number of hydrogen-bond acceptors (Lipinski definition) is 7. The van der Waals surface area contributed by atoms with Crippen molar-refractivity contribution in [3.05, 3.63) is 41.6 Å². The second-order valence-electron chi connectivity index (χ2n) is 5.61. The molecule has 1 aliphatic rings. The van der Waals surface area contributed by atoms with Crippen LogP contribution in [-0.2, 0) is 9.53 Å². The van der Waals surface area contributed by atoms with Crippen LogP contribution in [0.1, 0.15) is 29.9 Å². The van der Waals surface area contributed by atoms with Crippen LogP contribution in [0.3, 0.4) is 0 Å². The molecule has 1 aromatic heterocycles. The lowest BCUT2D eigenvalue weighted by Gasteiger charge is -2.11. The van der Waals surface area contributed by atoms with Crippen LogP contribution in [0.25, 0.3) is 0 Å². The molecule has 0 saturated heterocycles. The van der Waals surface area contributed by atoms with Gasteiger partial charge in [0.15, 0.2) is 6.04 Å². The van der Waals surface area contributed by atoms with Gasteiger partial charge in [0.05, 0.1) is 18.0 Å². The monoisotopic (exact) mass is 354 g/mol. The van der Waals surface area contributed by atoms with Gasteiger partial charge in [0.25, 0.3) is 5.91 Å². The summed E-state index contributed by atoms with van der Waals surface area (Å²) in [6.45, 7) is 5.33. The zero-order valence-corrected chi connectivity index (χ0v) is 14.6. The quantitative estimate of drug-likeness (QED) is 0.657. The van der Waals surface area contributed by atoms with Crippen LogP contribution in [0.2, 0.25) is 0 Å². The number of amides is 1. The number of carbonyl (C=O) groups excluding carboxylic acids is 2. The Morgan fingerprint density at radius 1 is 1.31 bits per heavy atom. The fourth-order valence-electron chi connectivity index (χ4n) is 2.49. The third-order valence-corrected chi connectivity index (χ3v) is 3.77. The number of ether oxygens (including phenoxy) is 1. The van der Waals surface area contributed by atoms with E-state index in [1.165, 1.54) is 5.01 Å². The van der Waals surface area contributed by atoms with E-state index >= 15 is 0 Å². The molecule has 0 spiro atoms. The zero-order valence-electron chi connectivity index (χ0n) is 14.6. The first-order valence-corrected chi connectivity index (χ1v) is 8.10. The Hall–Kier alpha value is -3.36. The van der Waals surface area contributed by atoms with Gasteiger partial charge in [-0.2, -0.15) is 20.3 Å². The number of aromatic amines is 1. The average molecular weight is 354 g/mol. The molecule has 1 aromatic carbocycles. The molecule has 0 unspecified atom stereocenters. The highest BCUT2D eigenvalue weighted by Crippen LogP contribution is 2.25. The van der Waals surface area contributed by atoms with Gasteiger partial charge < -0.3 is 4.74 Å². The lowest BCUT2D eigenvalue weighted by molar-refractivity contribution is -0.117. The van der Waals surface area contributed by atoms with E-state index in [9.17, 15) is 9.59 Å². The van der Waals surface area contributed by atoms with Crippen molar-refractivity contribution in [3.63, 3.8) is 0 Å². The van der Waals surface area contributed by atoms with E-state index in [0.717, 1.165) is 0 Å². The highest BCUT2D eigenvalue weighted by atomic mass is 16.5. The number of para-hydroxylation sites is 1. The minimum absolute atomic E-state index is 0.0831. The Bertz CT molecular complexity index is 887. The number of hydrazone groups is 1. The Balaban J connectivity index is 1.83. The number of rotatable bonds is 5. The average Bonchev–Trinajstić information content (AvgIpc) is 3.14. The van der Waals surface area contributed by atoms with Gasteiger partial charge in [-0.3, -0.25) is 9.89 Å². The van der Waals surface area contributed by atoms with Crippen molar-refractivity contribution in [2.75, 3.05) is 11.6 Å². The van der Waals surface area contributed by atoms with Crippen LogP contribution in [0.4, 0.5) is 11.5 Å². The van der Waals surface area contributed by atoms with Crippen molar-refractivity contribution < 1.29 is 14.3 Å². The minimum Gasteiger partial charge on any atom is -0.462 e. The Morgan fingerprint density at radius 2 is 2.04 bits per heavy atom. The molecule has 0 saturated carbocycles. The van der Waals surface area contributed by atoms with Gasteiger partial charge in [0.1, 0.15) is 5.56 Å². The number of anilines is 1. The number of hydrogen-bond donors (Lipinski definition) is 1. The van der Waals surface area contributed by atoms with Crippen LogP contribution in [0.15, 0.2) is 45.7 Å². The molecule has 26 heavy (non-hydrogen) atoms. The van der Waals surface area contributed by atoms with Crippen LogP contribution in [0.5, 0.6) is 0 Å². The van der Waals surface area contributed by atoms with Gasteiger partial charge in [-0.15, -0.1) is 5.11 Å². The Morgan fingerprint density at radius 3 is 2.73 bits per heavy atom. The van der Waals surface area contributed by atoms with E-state index in [2.05, 4.69) is 25.5 Å². The number of nitrogens with zero attached hydrogens (tertiary/aromatic N) is 5. The standard InChI is InChI=1S/C17H18N6O3/c1-4-26-17(25)13-10(2)18-20-15(13)21-19-14-11(3)22-23(16(14)24)12-8-6-5-7-9-12/h5-9,14H,4H2,1-3H3,(H,18,20)/t14-/m1/s1. The molecule has 1 aliphatic heterocycles. The molecular weight excluding hydrogens is 336 g/mol. The van der Waals surface area contributed by atoms with E-state index in [4.69, 9.17) is 4.74 Å². The molecule has 3 rings (SSSR count). The molecule has 1 atom stereocenters. The second-order valence-corrected chi connectivity index (χ2v) is 5.61. The summed E-state index contributed by atoms with van der Waals surface area (Å²) in [7, 11) is 0. The molecule has 9 heteroatoms. The fraction of sp³-hybridized carbons (Fsp3) is 0.294. The summed E-state index contributed by atoms with van der Waals surface area (Å²) in [5, 5.41) is 20.2. The number of aryl methyl sites for hydroxylation is 1. The van der Waals surface area contributed by atoms with Gasteiger partial charge in [-0.05, 0) is 32.9 Å². The first kappa shape index (κ1) is 17.5. The first-order valence-electron chi connectivity index (χ1n) is 8.10. The van der Waals surface area contributed by atoms with Crippen LogP contribution < -0.4 is 5.01 Å². The number of benzene rings is 1. The molecule has 1 N–H and O–H groups in total. The van der Waals surface area contributed by atoms with Crippen molar-refractivity contribution in [2.45, 2.75) is 26.8 Å². The van der Waals surface area contributed by atoms with E-state index in [-0.39, 0.29) is 23.9 Å². The first-order chi connectivity index (χ1) is 12.5. The minimum atomic E-state index is -0.859. The predicted molar refractivity (Wildman–Crippen MR) is 94.6 cm³/mol. The third kappa shape index (κ3) is 3.23. The van der Waals surface area contributed by atoms with Crippen molar-refractivity contribution in [1.82, 2.24) is 10.2 Å². The summed E-state index contributed by atoms with van der Waals surface area (Å²) in [6.07, 6.45) is 0. The van der Waals surface area contributed by atoms with Crippen molar-refractivity contribution in [1.29, 1.82) is 0 Å². The highest BCUT2D eigenvalue weighted by Gasteiger charge is 2.35. The number of carbonyl (C=O) groups is 2. The predicted octanol–water partition coefficient (Wildman–Crippen LogP) is 2.77. The number of esters is 1. The number of aromatic nitrogens is 2. The molecule has 0 radical (unpaired) electrons. The summed E-state index contributed by atoms with van der Waals surface area (Å²) in [5.41, 5.74) is 1.88. The molecule has 0 bridgehead atoms. The molecule has 2 aromatic rings. The van der Waals surface area contributed by atoms with Crippen LogP contribution in [-0.4, -0.2) is 40.4 Å². The molecule has 0 fully saturated rings. The smallest absolute Gasteiger partial charge is 0.343 e. The third-order valence-electron chi connectivity index (χ3n) is 3.77. The lowest BCUT2D eigenvalue weighted by atomic mass is 10.2. The summed E-state index contributed by atoms with van der Waals surface area (Å²) >= 11 is 0. The Kier molecular flexibility index (Phi) is 4.87. The fourth-order valence-corrected chi connectivity index (χ4v) is 2.49. The van der Waals surface area contributed by atoms with Gasteiger partial charge >= 0.3 is 5.97 Å². The molecule has 134 valence electrons. The maximum Gasteiger partial charge on any atom is 0.343 e. The van der Waals surface area contributed by atoms with Gasteiger partial charge in [0.2, 0.25) is 5.82 Å². The van der Waals surface area contributed by atoms with Crippen molar-refractivity contribution >= 4 is 29.1 Å². The lowest BCUT2D eigenvalue weighted by Crippen LogP contribution is -2.29. The SMILES string of the molecule is CCOC(=O)c1c(N=N[C@H]2C(=O)N(c3ccccc3)N=C2C)n[nH]c1C. The second kappa shape index (κ2) is 7.26. The van der Waals surface area contributed by atoms with Crippen LogP contribution >= 0.6 is 0 Å². The summed E-state index contributed by atoms with van der Waals surface area (Å²) in [6, 6.07) is 8.20. The zero-order chi connectivity index (χ0) is 18.7. The van der Waals surface area contributed by atoms with Crippen LogP contribution in [0, 0.1) is 6.92 Å². The van der Waals surface area contributed by atoms with E-state index in [0.29, 0.717) is 17.1 Å². The maximum absolute atomic E-state index is 12.6. The van der Waals surface area contributed by atoms with Crippen molar-refractivity contribution in [3.8, 4) is 0 Å². The van der Waals surface area contributed by atoms with Gasteiger partial charge in [-0.1, -0.05) is 18.2 Å². The van der Waals surface area contributed by atoms with Gasteiger partial charge in [0, 0.05) is 5.69 Å². The largest absolute Gasteiger partial charge is 0.462 e. The number of nitrogens with one attached hydrogen (secondary N) is 1. The molecule has 9 nitrogen and oxygen atoms in total. The highest BCUT2D eigenvalue weighted by molar-refractivity contribution is 6.18. The molecule has 1 amide bonds. The summed E-state index contributed by atoms with van der Waals surface area (Å²) in [5.74, 6) is -0.774. The number of azo groups is 1.